The molecule has 0 radical (unpaired) electrons. The monoisotopic (exact) mass is 321 g/mol. The molecule has 3 unspecified atom stereocenters. The van der Waals surface area contributed by atoms with Crippen molar-refractivity contribution in [3.8, 4) is 6.07 Å². The fourth-order valence-electron chi connectivity index (χ4n) is 3.18. The quantitative estimate of drug-likeness (QED) is 0.884. The zero-order valence-corrected chi connectivity index (χ0v) is 12.9. The van der Waals surface area contributed by atoms with E-state index in [9.17, 15) is 10.4 Å². The Kier molecular flexibility index (Phi) is 4.65. The number of rotatable bonds is 3. The summed E-state index contributed by atoms with van der Waals surface area (Å²) < 4.78 is 0.885. The van der Waals surface area contributed by atoms with Crippen molar-refractivity contribution >= 4 is 15.9 Å². The van der Waals surface area contributed by atoms with E-state index >= 15 is 0 Å². The fraction of sp³-hybridized carbons (Fsp3) is 0.562. The van der Waals surface area contributed by atoms with Crippen molar-refractivity contribution in [3.05, 3.63) is 34.3 Å². The van der Waals surface area contributed by atoms with Crippen LogP contribution < -0.4 is 0 Å². The number of nitrogens with zero attached hydrogens (tertiary/aromatic N) is 1. The molecule has 0 amide bonds. The summed E-state index contributed by atoms with van der Waals surface area (Å²) in [5, 5.41) is 20.4. The first-order chi connectivity index (χ1) is 9.13. The first-order valence-electron chi connectivity index (χ1n) is 6.96. The SMILES string of the molecule is CCC1CCCC(C#N)(C(O)c2ccccc2Br)C1. The summed E-state index contributed by atoms with van der Waals surface area (Å²) >= 11 is 3.48. The highest BCUT2D eigenvalue weighted by Crippen LogP contribution is 2.49. The van der Waals surface area contributed by atoms with E-state index in [1.54, 1.807) is 0 Å². The third kappa shape index (κ3) is 2.85. The number of halogens is 1. The molecule has 0 bridgehead atoms. The van der Waals surface area contributed by atoms with Crippen LogP contribution in [0.1, 0.15) is 50.7 Å². The number of aliphatic hydroxyl groups excluding tert-OH is 1. The van der Waals surface area contributed by atoms with Crippen molar-refractivity contribution in [2.24, 2.45) is 11.3 Å². The smallest absolute Gasteiger partial charge is 0.0987 e. The van der Waals surface area contributed by atoms with E-state index in [0.717, 1.165) is 35.7 Å². The minimum atomic E-state index is -0.706. The van der Waals surface area contributed by atoms with Crippen molar-refractivity contribution in [3.63, 3.8) is 0 Å². The molecule has 1 saturated carbocycles. The molecule has 0 aliphatic heterocycles. The molecule has 0 spiro atoms. The Bertz CT molecular complexity index is 482. The summed E-state index contributed by atoms with van der Waals surface area (Å²) in [6, 6.07) is 10.1. The highest BCUT2D eigenvalue weighted by atomic mass is 79.9. The highest BCUT2D eigenvalue weighted by molar-refractivity contribution is 9.10. The van der Waals surface area contributed by atoms with Crippen molar-refractivity contribution in [1.29, 1.82) is 5.26 Å². The first-order valence-corrected chi connectivity index (χ1v) is 7.76. The Morgan fingerprint density at radius 3 is 2.89 bits per heavy atom. The van der Waals surface area contributed by atoms with Gasteiger partial charge >= 0.3 is 0 Å². The maximum absolute atomic E-state index is 10.7. The molecule has 0 saturated heterocycles. The van der Waals surface area contributed by atoms with Crippen molar-refractivity contribution in [2.75, 3.05) is 0 Å². The molecule has 1 fully saturated rings. The predicted octanol–water partition coefficient (Wildman–Crippen LogP) is 4.59. The average Bonchev–Trinajstić information content (AvgIpc) is 2.47. The van der Waals surface area contributed by atoms with Crippen LogP contribution in [0.5, 0.6) is 0 Å². The van der Waals surface area contributed by atoms with E-state index in [0.29, 0.717) is 5.92 Å². The summed E-state index contributed by atoms with van der Waals surface area (Å²) in [6.07, 6.45) is 4.20. The van der Waals surface area contributed by atoms with Crippen LogP contribution in [0.3, 0.4) is 0 Å². The van der Waals surface area contributed by atoms with Crippen LogP contribution in [0.2, 0.25) is 0 Å². The second-order valence-electron chi connectivity index (χ2n) is 5.56. The van der Waals surface area contributed by atoms with Gasteiger partial charge in [-0.15, -0.1) is 0 Å². The van der Waals surface area contributed by atoms with E-state index < -0.39 is 11.5 Å². The van der Waals surface area contributed by atoms with Gasteiger partial charge in [-0.3, -0.25) is 0 Å². The van der Waals surface area contributed by atoms with Gasteiger partial charge in [0, 0.05) is 4.47 Å². The third-order valence-corrected chi connectivity index (χ3v) is 5.13. The van der Waals surface area contributed by atoms with Gasteiger partial charge in [-0.25, -0.2) is 0 Å². The average molecular weight is 322 g/mol. The van der Waals surface area contributed by atoms with Gasteiger partial charge in [0.1, 0.15) is 0 Å². The van der Waals surface area contributed by atoms with E-state index in [1.807, 2.05) is 24.3 Å². The Labute approximate surface area is 123 Å². The molecule has 1 aliphatic carbocycles. The number of benzene rings is 1. The molecule has 1 aromatic rings. The van der Waals surface area contributed by atoms with Crippen LogP contribution in [0.4, 0.5) is 0 Å². The van der Waals surface area contributed by atoms with Crippen LogP contribution in [0.15, 0.2) is 28.7 Å². The maximum atomic E-state index is 10.7. The Morgan fingerprint density at radius 2 is 2.26 bits per heavy atom. The number of aliphatic hydroxyl groups is 1. The second-order valence-corrected chi connectivity index (χ2v) is 6.42. The van der Waals surface area contributed by atoms with Crippen LogP contribution in [0.25, 0.3) is 0 Å². The highest BCUT2D eigenvalue weighted by Gasteiger charge is 2.43. The minimum absolute atomic E-state index is 0.561. The van der Waals surface area contributed by atoms with Crippen molar-refractivity contribution in [1.82, 2.24) is 0 Å². The molecule has 2 nitrogen and oxygen atoms in total. The Morgan fingerprint density at radius 1 is 1.53 bits per heavy atom. The normalized spacial score (nSPS) is 28.6. The minimum Gasteiger partial charge on any atom is -0.387 e. The van der Waals surface area contributed by atoms with Gasteiger partial charge in [0.15, 0.2) is 0 Å². The maximum Gasteiger partial charge on any atom is 0.0987 e. The van der Waals surface area contributed by atoms with Gasteiger partial charge < -0.3 is 5.11 Å². The second kappa shape index (κ2) is 6.07. The summed E-state index contributed by atoms with van der Waals surface area (Å²) in [6.45, 7) is 2.17. The summed E-state index contributed by atoms with van der Waals surface area (Å²) in [7, 11) is 0. The summed E-state index contributed by atoms with van der Waals surface area (Å²) in [4.78, 5) is 0. The van der Waals surface area contributed by atoms with Gasteiger partial charge in [-0.1, -0.05) is 60.3 Å². The van der Waals surface area contributed by atoms with Crippen LogP contribution in [0, 0.1) is 22.7 Å². The van der Waals surface area contributed by atoms with Crippen LogP contribution >= 0.6 is 15.9 Å². The van der Waals surface area contributed by atoms with E-state index in [-0.39, 0.29) is 0 Å². The molecule has 0 heterocycles. The van der Waals surface area contributed by atoms with Gasteiger partial charge in [-0.2, -0.15) is 5.26 Å². The fourth-order valence-corrected chi connectivity index (χ4v) is 3.68. The predicted molar refractivity (Wildman–Crippen MR) is 79.4 cm³/mol. The molecule has 3 atom stereocenters. The van der Waals surface area contributed by atoms with E-state index in [1.165, 1.54) is 6.42 Å². The van der Waals surface area contributed by atoms with E-state index in [4.69, 9.17) is 0 Å². The zero-order valence-electron chi connectivity index (χ0n) is 11.3. The topological polar surface area (TPSA) is 44.0 Å². The van der Waals surface area contributed by atoms with Crippen LogP contribution in [-0.4, -0.2) is 5.11 Å². The molecule has 0 aromatic heterocycles. The molecule has 19 heavy (non-hydrogen) atoms. The lowest BCUT2D eigenvalue weighted by Gasteiger charge is -2.39. The van der Waals surface area contributed by atoms with Gasteiger partial charge in [0.05, 0.1) is 17.6 Å². The lowest BCUT2D eigenvalue weighted by atomic mass is 9.65. The number of hydrogen-bond acceptors (Lipinski definition) is 2. The molecular weight excluding hydrogens is 302 g/mol. The lowest BCUT2D eigenvalue weighted by Crippen LogP contribution is -2.33. The third-order valence-electron chi connectivity index (χ3n) is 4.41. The molecule has 1 aromatic carbocycles. The van der Waals surface area contributed by atoms with Gasteiger partial charge in [-0.05, 0) is 30.4 Å². The van der Waals surface area contributed by atoms with Gasteiger partial charge in [0.2, 0.25) is 0 Å². The Hall–Kier alpha value is -0.850. The zero-order chi connectivity index (χ0) is 13.9. The molecular formula is C16H20BrNO. The summed E-state index contributed by atoms with van der Waals surface area (Å²) in [5.41, 5.74) is 0.212. The molecule has 2 rings (SSSR count). The molecule has 1 aliphatic rings. The number of hydrogen-bond donors (Lipinski definition) is 1. The van der Waals surface area contributed by atoms with Crippen molar-refractivity contribution in [2.45, 2.75) is 45.1 Å². The first kappa shape index (κ1) is 14.6. The summed E-state index contributed by atoms with van der Waals surface area (Å²) in [5.74, 6) is 0.561. The molecule has 102 valence electrons. The number of nitriles is 1. The lowest BCUT2D eigenvalue weighted by molar-refractivity contribution is 0.0180. The molecule has 1 N–H and O–H groups in total. The van der Waals surface area contributed by atoms with Crippen molar-refractivity contribution < 1.29 is 5.11 Å². The Balaban J connectivity index is 2.31. The largest absolute Gasteiger partial charge is 0.387 e. The van der Waals surface area contributed by atoms with E-state index in [2.05, 4.69) is 28.9 Å². The van der Waals surface area contributed by atoms with Crippen LogP contribution in [-0.2, 0) is 0 Å². The van der Waals surface area contributed by atoms with Gasteiger partial charge in [0.25, 0.3) is 0 Å². The molecule has 3 heteroatoms. The standard InChI is InChI=1S/C16H20BrNO/c1-2-12-6-5-9-16(10-12,11-18)15(19)13-7-3-4-8-14(13)17/h3-4,7-8,12,15,19H,2,5-6,9-10H2,1H3.